The first-order chi connectivity index (χ1) is 9.63. The van der Waals surface area contributed by atoms with Crippen molar-refractivity contribution in [1.29, 1.82) is 0 Å². The van der Waals surface area contributed by atoms with Gasteiger partial charge in [0.2, 0.25) is 0 Å². The fourth-order valence-corrected chi connectivity index (χ4v) is 2.17. The summed E-state index contributed by atoms with van der Waals surface area (Å²) in [4.78, 5) is 16.5. The number of carboxylic acids is 1. The molecule has 110 valence electrons. The topological polar surface area (TPSA) is 50.2 Å². The van der Waals surface area contributed by atoms with E-state index in [2.05, 4.69) is 4.98 Å². The molecule has 1 N–H and O–H groups in total. The Kier molecular flexibility index (Phi) is 9.47. The highest BCUT2D eigenvalue weighted by molar-refractivity contribution is 8.10. The molecule has 0 aliphatic carbocycles. The minimum atomic E-state index is -0.922. The molecule has 1 aromatic heterocycles. The number of aromatic nitrogens is 1. The maximum absolute atomic E-state index is 11.0. The first kappa shape index (κ1) is 18.4. The quantitative estimate of drug-likeness (QED) is 0.830. The van der Waals surface area contributed by atoms with Crippen LogP contribution in [0.25, 0.3) is 4.91 Å². The molecule has 0 saturated carbocycles. The molecule has 0 aromatic carbocycles. The van der Waals surface area contributed by atoms with Crippen LogP contribution in [0.1, 0.15) is 56.4 Å². The third kappa shape index (κ3) is 5.21. The number of nitrogens with zero attached hydrogens (tertiary/aromatic N) is 1. The molecule has 1 rings (SSSR count). The number of thioether (sulfide) groups is 1. The van der Waals surface area contributed by atoms with Gasteiger partial charge >= 0.3 is 5.97 Å². The summed E-state index contributed by atoms with van der Waals surface area (Å²) in [6.07, 6.45) is 4.55. The second-order valence-corrected chi connectivity index (χ2v) is 4.54. The van der Waals surface area contributed by atoms with Crippen LogP contribution in [0, 0.1) is 0 Å². The second-order valence-electron chi connectivity index (χ2n) is 3.59. The Hall–Kier alpha value is -1.55. The Labute approximate surface area is 125 Å². The fraction of sp³-hybridized carbons (Fsp3) is 0.375. The Bertz CT molecular complexity index is 493. The van der Waals surface area contributed by atoms with Gasteiger partial charge in [0.25, 0.3) is 0 Å². The van der Waals surface area contributed by atoms with Gasteiger partial charge in [-0.15, -0.1) is 0 Å². The number of allylic oxidation sites excluding steroid dienone is 2. The highest BCUT2D eigenvalue weighted by Crippen LogP contribution is 2.27. The minimum absolute atomic E-state index is 0.285. The summed E-state index contributed by atoms with van der Waals surface area (Å²) in [5.41, 5.74) is 1.73. The van der Waals surface area contributed by atoms with Crippen LogP contribution in [0.15, 0.2) is 29.7 Å². The number of aromatic carboxylic acids is 1. The first-order valence-electron chi connectivity index (χ1n) is 6.81. The van der Waals surface area contributed by atoms with E-state index in [0.29, 0.717) is 12.1 Å². The Balaban J connectivity index is 0.00000172. The van der Waals surface area contributed by atoms with Crippen molar-refractivity contribution < 1.29 is 9.90 Å². The molecule has 0 spiro atoms. The summed E-state index contributed by atoms with van der Waals surface area (Å²) in [6, 6.07) is 3.39. The molecule has 0 fully saturated rings. The number of pyridine rings is 1. The maximum Gasteiger partial charge on any atom is 0.337 e. The molecule has 1 heterocycles. The van der Waals surface area contributed by atoms with Crippen LogP contribution >= 0.6 is 11.8 Å². The van der Waals surface area contributed by atoms with Gasteiger partial charge in [0.1, 0.15) is 0 Å². The van der Waals surface area contributed by atoms with E-state index < -0.39 is 5.97 Å². The SMILES string of the molecule is C/C=C\S/C(=C\C)c1ccc(C(=O)O)c(CC)n1.CC. The molecule has 3 nitrogen and oxygen atoms in total. The third-order valence-corrected chi connectivity index (χ3v) is 3.49. The van der Waals surface area contributed by atoms with Crippen molar-refractivity contribution in [2.24, 2.45) is 0 Å². The summed E-state index contributed by atoms with van der Waals surface area (Å²) < 4.78 is 0. The predicted octanol–water partition coefficient (Wildman–Crippen LogP) is 5.00. The zero-order valence-corrected chi connectivity index (χ0v) is 13.6. The number of carbonyl (C=O) groups is 1. The van der Waals surface area contributed by atoms with Crippen LogP contribution in [-0.4, -0.2) is 16.1 Å². The van der Waals surface area contributed by atoms with Crippen LogP contribution < -0.4 is 0 Å². The number of hydrogen-bond donors (Lipinski definition) is 1. The van der Waals surface area contributed by atoms with Crippen molar-refractivity contribution in [2.75, 3.05) is 0 Å². The van der Waals surface area contributed by atoms with Gasteiger partial charge in [-0.3, -0.25) is 4.98 Å². The molecule has 1 aromatic rings. The average molecular weight is 293 g/mol. The van der Waals surface area contributed by atoms with Crippen molar-refractivity contribution >= 4 is 22.6 Å². The molecule has 0 atom stereocenters. The number of hydrogen-bond acceptors (Lipinski definition) is 3. The van der Waals surface area contributed by atoms with Gasteiger partial charge in [-0.05, 0) is 37.8 Å². The minimum Gasteiger partial charge on any atom is -0.478 e. The lowest BCUT2D eigenvalue weighted by molar-refractivity contribution is 0.0695. The summed E-state index contributed by atoms with van der Waals surface area (Å²) in [6.45, 7) is 9.82. The van der Waals surface area contributed by atoms with Gasteiger partial charge < -0.3 is 5.11 Å². The van der Waals surface area contributed by atoms with E-state index in [-0.39, 0.29) is 5.56 Å². The van der Waals surface area contributed by atoms with Gasteiger partial charge in [0.05, 0.1) is 17.0 Å². The smallest absolute Gasteiger partial charge is 0.337 e. The highest BCUT2D eigenvalue weighted by Gasteiger charge is 2.12. The van der Waals surface area contributed by atoms with Gasteiger partial charge in [0.15, 0.2) is 0 Å². The molecule has 0 unspecified atom stereocenters. The Morgan fingerprint density at radius 2 is 2.00 bits per heavy atom. The zero-order valence-electron chi connectivity index (χ0n) is 12.8. The number of carboxylic acid groups (broad SMARTS) is 1. The molecule has 0 saturated heterocycles. The van der Waals surface area contributed by atoms with Crippen molar-refractivity contribution in [3.8, 4) is 0 Å². The lowest BCUT2D eigenvalue weighted by Crippen LogP contribution is -2.05. The summed E-state index contributed by atoms with van der Waals surface area (Å²) in [7, 11) is 0. The lowest BCUT2D eigenvalue weighted by Gasteiger charge is -2.08. The molecule has 20 heavy (non-hydrogen) atoms. The molecule has 0 aliphatic rings. The molecule has 0 radical (unpaired) electrons. The van der Waals surface area contributed by atoms with Crippen molar-refractivity contribution in [1.82, 2.24) is 4.98 Å². The van der Waals surface area contributed by atoms with Crippen LogP contribution in [-0.2, 0) is 6.42 Å². The van der Waals surface area contributed by atoms with Gasteiger partial charge in [0, 0.05) is 4.91 Å². The van der Waals surface area contributed by atoms with E-state index in [1.807, 2.05) is 52.2 Å². The first-order valence-corrected chi connectivity index (χ1v) is 7.69. The van der Waals surface area contributed by atoms with Crippen LogP contribution in [0.3, 0.4) is 0 Å². The van der Waals surface area contributed by atoms with Crippen molar-refractivity contribution in [3.63, 3.8) is 0 Å². The zero-order chi connectivity index (χ0) is 15.5. The molecular formula is C16H23NO2S. The van der Waals surface area contributed by atoms with Crippen molar-refractivity contribution in [2.45, 2.75) is 41.0 Å². The molecule has 4 heteroatoms. The number of rotatable bonds is 5. The second kappa shape index (κ2) is 10.3. The fourth-order valence-electron chi connectivity index (χ4n) is 1.52. The lowest BCUT2D eigenvalue weighted by atomic mass is 10.1. The largest absolute Gasteiger partial charge is 0.478 e. The molecule has 0 aliphatic heterocycles. The summed E-state index contributed by atoms with van der Waals surface area (Å²) in [5.74, 6) is -0.922. The van der Waals surface area contributed by atoms with Gasteiger partial charge in [-0.2, -0.15) is 0 Å². The maximum atomic E-state index is 11.0. The van der Waals surface area contributed by atoms with Crippen LogP contribution in [0.4, 0.5) is 0 Å². The molecule has 0 bridgehead atoms. The van der Waals surface area contributed by atoms with Gasteiger partial charge in [-0.25, -0.2) is 4.79 Å². The Morgan fingerprint density at radius 3 is 2.45 bits per heavy atom. The van der Waals surface area contributed by atoms with Crippen molar-refractivity contribution in [3.05, 3.63) is 46.6 Å². The highest BCUT2D eigenvalue weighted by atomic mass is 32.2. The standard InChI is InChI=1S/C14H17NO2S.C2H6/c1-4-9-18-13(6-3)12-8-7-10(14(16)17)11(5-2)15-12;1-2/h4,6-9H,5H2,1-3H3,(H,16,17);1-2H3/b9-4-,13-6-;. The normalized spacial score (nSPS) is 11.2. The van der Waals surface area contributed by atoms with E-state index in [1.165, 1.54) is 0 Å². The van der Waals surface area contributed by atoms with E-state index in [4.69, 9.17) is 5.11 Å². The molecular weight excluding hydrogens is 270 g/mol. The number of aryl methyl sites for hydroxylation is 1. The molecule has 0 amide bonds. The Morgan fingerprint density at radius 1 is 1.35 bits per heavy atom. The monoisotopic (exact) mass is 293 g/mol. The average Bonchev–Trinajstić information content (AvgIpc) is 2.49. The van der Waals surface area contributed by atoms with E-state index >= 15 is 0 Å². The van der Waals surface area contributed by atoms with Gasteiger partial charge in [-0.1, -0.05) is 44.7 Å². The summed E-state index contributed by atoms with van der Waals surface area (Å²) >= 11 is 1.58. The van der Waals surface area contributed by atoms with Crippen LogP contribution in [0.5, 0.6) is 0 Å². The van der Waals surface area contributed by atoms with E-state index in [9.17, 15) is 4.79 Å². The van der Waals surface area contributed by atoms with E-state index in [0.717, 1.165) is 10.6 Å². The summed E-state index contributed by atoms with van der Waals surface area (Å²) in [5, 5.41) is 11.0. The predicted molar refractivity (Wildman–Crippen MR) is 88.0 cm³/mol. The van der Waals surface area contributed by atoms with E-state index in [1.54, 1.807) is 23.9 Å². The third-order valence-electron chi connectivity index (χ3n) is 2.39. The van der Waals surface area contributed by atoms with Crippen LogP contribution in [0.2, 0.25) is 0 Å².